The van der Waals surface area contributed by atoms with E-state index in [1.165, 1.54) is 11.3 Å². The average Bonchev–Trinajstić information content (AvgIpc) is 2.32. The van der Waals surface area contributed by atoms with Crippen molar-refractivity contribution < 1.29 is 5.11 Å². The smallest absolute Gasteiger partial charge is 0.0585 e. The Morgan fingerprint density at radius 1 is 1.18 bits per heavy atom. The summed E-state index contributed by atoms with van der Waals surface area (Å²) < 4.78 is 0. The Labute approximate surface area is 110 Å². The van der Waals surface area contributed by atoms with Crippen LogP contribution >= 0.6 is 12.4 Å². The van der Waals surface area contributed by atoms with Crippen LogP contribution in [0.4, 0.5) is 5.69 Å². The lowest BCUT2D eigenvalue weighted by molar-refractivity contribution is 0.265. The van der Waals surface area contributed by atoms with Gasteiger partial charge in [-0.15, -0.1) is 12.4 Å². The van der Waals surface area contributed by atoms with Crippen molar-refractivity contribution in [3.05, 3.63) is 29.8 Å². The number of aliphatic hydroxyl groups excluding tert-OH is 1. The van der Waals surface area contributed by atoms with E-state index in [9.17, 15) is 0 Å². The van der Waals surface area contributed by atoms with Crippen molar-refractivity contribution in [2.75, 3.05) is 24.6 Å². The molecule has 1 atom stereocenters. The number of aliphatic hydroxyl groups is 1. The highest BCUT2D eigenvalue weighted by Crippen LogP contribution is 2.15. The molecule has 0 spiro atoms. The molecule has 0 aromatic heterocycles. The van der Waals surface area contributed by atoms with Gasteiger partial charge in [0, 0.05) is 24.8 Å². The Morgan fingerprint density at radius 2 is 1.71 bits per heavy atom. The molecule has 4 heteroatoms. The van der Waals surface area contributed by atoms with Crippen LogP contribution in [0.1, 0.15) is 19.4 Å². The number of rotatable bonds is 6. The zero-order chi connectivity index (χ0) is 12.0. The predicted octanol–water partition coefficient (Wildman–Crippen LogP) is 1.82. The number of halogens is 1. The van der Waals surface area contributed by atoms with E-state index in [0.29, 0.717) is 0 Å². The van der Waals surface area contributed by atoms with Crippen LogP contribution in [-0.2, 0) is 6.42 Å². The highest BCUT2D eigenvalue weighted by molar-refractivity contribution is 5.85. The van der Waals surface area contributed by atoms with E-state index >= 15 is 0 Å². The molecule has 0 aliphatic carbocycles. The summed E-state index contributed by atoms with van der Waals surface area (Å²) in [6.07, 6.45) is 0.731. The Bertz CT molecular complexity index is 299. The maximum Gasteiger partial charge on any atom is 0.0585 e. The molecule has 0 fully saturated rings. The van der Waals surface area contributed by atoms with Gasteiger partial charge >= 0.3 is 0 Å². The number of hydrogen-bond donors (Lipinski definition) is 2. The number of hydrogen-bond acceptors (Lipinski definition) is 3. The van der Waals surface area contributed by atoms with Gasteiger partial charge in [0.05, 0.1) is 6.61 Å². The van der Waals surface area contributed by atoms with Gasteiger partial charge in [-0.3, -0.25) is 0 Å². The second-order valence-electron chi connectivity index (χ2n) is 3.99. The first-order valence-electron chi connectivity index (χ1n) is 5.91. The molecule has 1 aromatic rings. The Morgan fingerprint density at radius 3 is 2.12 bits per heavy atom. The second-order valence-corrected chi connectivity index (χ2v) is 3.99. The lowest BCUT2D eigenvalue weighted by atomic mass is 10.1. The molecule has 0 heterocycles. The molecule has 98 valence electrons. The quantitative estimate of drug-likeness (QED) is 0.818. The van der Waals surface area contributed by atoms with E-state index in [4.69, 9.17) is 10.8 Å². The molecule has 0 saturated carbocycles. The molecule has 0 saturated heterocycles. The fourth-order valence-electron chi connectivity index (χ4n) is 1.80. The fourth-order valence-corrected chi connectivity index (χ4v) is 1.80. The molecule has 3 nitrogen and oxygen atoms in total. The van der Waals surface area contributed by atoms with Crippen molar-refractivity contribution >= 4 is 18.1 Å². The zero-order valence-corrected chi connectivity index (χ0v) is 11.4. The summed E-state index contributed by atoms with van der Waals surface area (Å²) >= 11 is 0. The van der Waals surface area contributed by atoms with E-state index < -0.39 is 0 Å². The maximum atomic E-state index is 8.88. The van der Waals surface area contributed by atoms with E-state index in [-0.39, 0.29) is 25.1 Å². The summed E-state index contributed by atoms with van der Waals surface area (Å²) in [7, 11) is 0. The minimum atomic E-state index is -0.153. The van der Waals surface area contributed by atoms with E-state index in [1.54, 1.807) is 0 Å². The molecule has 1 aromatic carbocycles. The third kappa shape index (κ3) is 4.94. The fraction of sp³-hybridized carbons (Fsp3) is 0.538. The number of benzene rings is 1. The van der Waals surface area contributed by atoms with E-state index in [1.807, 2.05) is 0 Å². The van der Waals surface area contributed by atoms with Crippen molar-refractivity contribution in [1.29, 1.82) is 0 Å². The minimum absolute atomic E-state index is 0. The summed E-state index contributed by atoms with van der Waals surface area (Å²) in [4.78, 5) is 2.30. The van der Waals surface area contributed by atoms with Crippen molar-refractivity contribution in [2.24, 2.45) is 5.73 Å². The van der Waals surface area contributed by atoms with Gasteiger partial charge in [-0.1, -0.05) is 12.1 Å². The third-order valence-electron chi connectivity index (χ3n) is 2.80. The van der Waals surface area contributed by atoms with Gasteiger partial charge in [0.15, 0.2) is 0 Å². The van der Waals surface area contributed by atoms with E-state index in [2.05, 4.69) is 43.0 Å². The summed E-state index contributed by atoms with van der Waals surface area (Å²) in [5, 5.41) is 8.88. The highest BCUT2D eigenvalue weighted by Gasteiger charge is 2.04. The van der Waals surface area contributed by atoms with Gasteiger partial charge in [-0.2, -0.15) is 0 Å². The van der Waals surface area contributed by atoms with Crippen molar-refractivity contribution in [2.45, 2.75) is 26.3 Å². The first-order chi connectivity index (χ1) is 7.71. The van der Waals surface area contributed by atoms with Crippen LogP contribution in [0.5, 0.6) is 0 Å². The average molecular weight is 259 g/mol. The molecule has 3 N–H and O–H groups in total. The van der Waals surface area contributed by atoms with Crippen LogP contribution in [0.2, 0.25) is 0 Å². The molecular weight excluding hydrogens is 236 g/mol. The molecule has 0 aliphatic heterocycles. The summed E-state index contributed by atoms with van der Waals surface area (Å²) in [5.41, 5.74) is 8.11. The van der Waals surface area contributed by atoms with Gasteiger partial charge in [0.2, 0.25) is 0 Å². The zero-order valence-electron chi connectivity index (χ0n) is 10.6. The van der Waals surface area contributed by atoms with Crippen LogP contribution in [-0.4, -0.2) is 30.8 Å². The van der Waals surface area contributed by atoms with Crippen LogP contribution in [0.15, 0.2) is 24.3 Å². The van der Waals surface area contributed by atoms with Gasteiger partial charge in [-0.05, 0) is 38.0 Å². The van der Waals surface area contributed by atoms with Gasteiger partial charge < -0.3 is 15.7 Å². The maximum absolute atomic E-state index is 8.88. The minimum Gasteiger partial charge on any atom is -0.395 e. The standard InChI is InChI=1S/C13H22N2O.ClH/c1-3-15(4-2)13-7-5-11(6-8-13)9-12(14)10-16;/h5-8,12,16H,3-4,9-10,14H2,1-2H3;1H. The van der Waals surface area contributed by atoms with Gasteiger partial charge in [0.25, 0.3) is 0 Å². The summed E-state index contributed by atoms with van der Waals surface area (Å²) in [6, 6.07) is 8.25. The monoisotopic (exact) mass is 258 g/mol. The topological polar surface area (TPSA) is 49.5 Å². The Kier molecular flexibility index (Phi) is 7.96. The highest BCUT2D eigenvalue weighted by atomic mass is 35.5. The predicted molar refractivity (Wildman–Crippen MR) is 76.0 cm³/mol. The van der Waals surface area contributed by atoms with Crippen LogP contribution in [0.3, 0.4) is 0 Å². The molecule has 0 aliphatic rings. The first kappa shape index (κ1) is 16.2. The lowest BCUT2D eigenvalue weighted by Gasteiger charge is -2.21. The van der Waals surface area contributed by atoms with E-state index in [0.717, 1.165) is 19.5 Å². The summed E-state index contributed by atoms with van der Waals surface area (Å²) in [6.45, 7) is 6.38. The molecule has 1 unspecified atom stereocenters. The van der Waals surface area contributed by atoms with Gasteiger partial charge in [0.1, 0.15) is 0 Å². The molecular formula is C13H23ClN2O. The lowest BCUT2D eigenvalue weighted by Crippen LogP contribution is -2.27. The largest absolute Gasteiger partial charge is 0.395 e. The van der Waals surface area contributed by atoms with Crippen molar-refractivity contribution in [1.82, 2.24) is 0 Å². The first-order valence-corrected chi connectivity index (χ1v) is 5.91. The molecule has 0 radical (unpaired) electrons. The molecule has 0 bridgehead atoms. The molecule has 0 amide bonds. The molecule has 1 rings (SSSR count). The van der Waals surface area contributed by atoms with Crippen molar-refractivity contribution in [3.8, 4) is 0 Å². The number of anilines is 1. The number of nitrogens with zero attached hydrogens (tertiary/aromatic N) is 1. The summed E-state index contributed by atoms with van der Waals surface area (Å²) in [5.74, 6) is 0. The van der Waals surface area contributed by atoms with Gasteiger partial charge in [-0.25, -0.2) is 0 Å². The number of nitrogens with two attached hydrogens (primary N) is 1. The van der Waals surface area contributed by atoms with Crippen LogP contribution < -0.4 is 10.6 Å². The SMILES string of the molecule is CCN(CC)c1ccc(CC(N)CO)cc1.Cl. The third-order valence-corrected chi connectivity index (χ3v) is 2.80. The normalized spacial score (nSPS) is 11.8. The second kappa shape index (κ2) is 8.34. The molecule has 17 heavy (non-hydrogen) atoms. The van der Waals surface area contributed by atoms with Crippen LogP contribution in [0, 0.1) is 0 Å². The Hall–Kier alpha value is -0.770. The Balaban J connectivity index is 0.00000256. The van der Waals surface area contributed by atoms with Crippen molar-refractivity contribution in [3.63, 3.8) is 0 Å². The van der Waals surface area contributed by atoms with Crippen LogP contribution in [0.25, 0.3) is 0 Å².